The molecule has 2 aromatic carbocycles. The molecule has 0 bridgehead atoms. The number of anilines is 2. The second-order valence-electron chi connectivity index (χ2n) is 5.88. The molecule has 0 amide bonds. The minimum absolute atomic E-state index is 0.0286. The Hall–Kier alpha value is -3.11. The van der Waals surface area contributed by atoms with Crippen molar-refractivity contribution >= 4 is 52.2 Å². The highest BCUT2D eigenvalue weighted by atomic mass is 35.5. The van der Waals surface area contributed by atoms with Crippen LogP contribution in [0.4, 0.5) is 22.7 Å². The fourth-order valence-corrected chi connectivity index (χ4v) is 3.06. The van der Waals surface area contributed by atoms with E-state index < -0.39 is 15.5 Å². The molecule has 0 aliphatic heterocycles. The van der Waals surface area contributed by atoms with Crippen LogP contribution in [-0.4, -0.2) is 48.0 Å². The number of alkyl halides is 2. The van der Waals surface area contributed by atoms with Gasteiger partial charge in [-0.05, 0) is 23.8 Å². The van der Waals surface area contributed by atoms with Gasteiger partial charge in [0.1, 0.15) is 11.4 Å². The summed E-state index contributed by atoms with van der Waals surface area (Å²) in [5.74, 6) is 1.46. The van der Waals surface area contributed by atoms with Crippen molar-refractivity contribution in [3.05, 3.63) is 62.2 Å². The highest BCUT2D eigenvalue weighted by Crippen LogP contribution is 2.30. The molecule has 0 fully saturated rings. The first kappa shape index (κ1) is 23.2. The molecule has 0 aliphatic rings. The number of benzene rings is 2. The molecule has 2 rings (SSSR count). The number of hydrogen-bond donors (Lipinski definition) is 1. The molecule has 2 aromatic rings. The number of nitrogens with zero attached hydrogens (tertiary/aromatic N) is 4. The van der Waals surface area contributed by atoms with Gasteiger partial charge in [0.15, 0.2) is 0 Å². The maximum Gasteiger partial charge on any atom is 0.301 e. The predicted molar refractivity (Wildman–Crippen MR) is 118 cm³/mol. The monoisotopic (exact) mass is 455 g/mol. The van der Waals surface area contributed by atoms with Gasteiger partial charge in [0.2, 0.25) is 0 Å². The molecule has 0 aromatic heterocycles. The van der Waals surface area contributed by atoms with Crippen LogP contribution in [0.5, 0.6) is 5.75 Å². The van der Waals surface area contributed by atoms with Crippen LogP contribution in [-0.2, 0) is 0 Å². The summed E-state index contributed by atoms with van der Waals surface area (Å²) in [4.78, 5) is 22.6. The third kappa shape index (κ3) is 5.94. The molecule has 12 heteroatoms. The Balaban J connectivity index is 2.22. The van der Waals surface area contributed by atoms with Gasteiger partial charge in [-0.1, -0.05) is 6.07 Å². The Bertz CT molecular complexity index is 935. The van der Waals surface area contributed by atoms with Crippen molar-refractivity contribution in [3.63, 3.8) is 0 Å². The lowest BCUT2D eigenvalue weighted by atomic mass is 10.2. The Kier molecular flexibility index (Phi) is 8.63. The zero-order valence-electron chi connectivity index (χ0n) is 16.0. The lowest BCUT2D eigenvalue weighted by molar-refractivity contribution is -0.393. The molecule has 30 heavy (non-hydrogen) atoms. The molecular formula is C18H19Cl2N5O5. The first-order valence-electron chi connectivity index (χ1n) is 8.68. The number of nitrogens with one attached hydrogen (secondary N) is 1. The molecule has 0 unspecified atom stereocenters. The summed E-state index contributed by atoms with van der Waals surface area (Å²) in [5, 5.41) is 26.0. The fourth-order valence-electron chi connectivity index (χ4n) is 2.65. The van der Waals surface area contributed by atoms with Crippen molar-refractivity contribution in [1.82, 2.24) is 0 Å². The van der Waals surface area contributed by atoms with Gasteiger partial charge in [0, 0.05) is 30.9 Å². The lowest BCUT2D eigenvalue weighted by Gasteiger charge is -2.25. The van der Waals surface area contributed by atoms with E-state index in [-0.39, 0.29) is 11.4 Å². The molecule has 0 aliphatic carbocycles. The van der Waals surface area contributed by atoms with Gasteiger partial charge < -0.3 is 9.64 Å². The fraction of sp³-hybridized carbons (Fsp3) is 0.278. The number of non-ortho nitro benzene ring substituents is 1. The van der Waals surface area contributed by atoms with Gasteiger partial charge in [-0.2, -0.15) is 5.10 Å². The van der Waals surface area contributed by atoms with Crippen LogP contribution in [0.2, 0.25) is 0 Å². The van der Waals surface area contributed by atoms with Crippen LogP contribution in [0.1, 0.15) is 5.56 Å². The van der Waals surface area contributed by atoms with E-state index in [1.165, 1.54) is 19.4 Å². The first-order valence-corrected chi connectivity index (χ1v) is 9.75. The molecule has 0 spiro atoms. The summed E-state index contributed by atoms with van der Waals surface area (Å²) in [6.07, 6.45) is 1.45. The quantitative estimate of drug-likeness (QED) is 0.232. The number of rotatable bonds is 11. The van der Waals surface area contributed by atoms with E-state index in [1.54, 1.807) is 12.1 Å². The number of hydrazone groups is 1. The number of nitro benzene ring substituents is 2. The van der Waals surface area contributed by atoms with E-state index in [4.69, 9.17) is 27.9 Å². The normalized spacial score (nSPS) is 10.8. The third-order valence-corrected chi connectivity index (χ3v) is 4.38. The van der Waals surface area contributed by atoms with Crippen molar-refractivity contribution in [2.75, 3.05) is 42.3 Å². The van der Waals surface area contributed by atoms with Crippen LogP contribution in [0.15, 0.2) is 41.5 Å². The molecular weight excluding hydrogens is 437 g/mol. The van der Waals surface area contributed by atoms with Crippen molar-refractivity contribution < 1.29 is 14.6 Å². The smallest absolute Gasteiger partial charge is 0.301 e. The minimum atomic E-state index is -0.717. The van der Waals surface area contributed by atoms with Crippen molar-refractivity contribution in [3.8, 4) is 5.75 Å². The summed E-state index contributed by atoms with van der Waals surface area (Å²) < 4.78 is 5.45. The van der Waals surface area contributed by atoms with E-state index in [0.717, 1.165) is 17.8 Å². The SMILES string of the molecule is COc1cc(/C=N\Nc2ccc([N+](=O)[O-])cc2[N+](=O)[O-])ccc1N(CCCl)CCCl. The maximum atomic E-state index is 11.2. The minimum Gasteiger partial charge on any atom is -0.495 e. The molecule has 0 atom stereocenters. The topological polar surface area (TPSA) is 123 Å². The van der Waals surface area contributed by atoms with E-state index in [2.05, 4.69) is 10.5 Å². The van der Waals surface area contributed by atoms with Crippen LogP contribution in [0.3, 0.4) is 0 Å². The second-order valence-corrected chi connectivity index (χ2v) is 6.64. The highest BCUT2D eigenvalue weighted by molar-refractivity contribution is 6.18. The van der Waals surface area contributed by atoms with Crippen LogP contribution >= 0.6 is 23.2 Å². The van der Waals surface area contributed by atoms with E-state index in [0.29, 0.717) is 36.2 Å². The number of nitro groups is 2. The van der Waals surface area contributed by atoms with E-state index in [9.17, 15) is 20.2 Å². The predicted octanol–water partition coefficient (Wildman–Crippen LogP) is 4.24. The van der Waals surface area contributed by atoms with Gasteiger partial charge in [-0.15, -0.1) is 23.2 Å². The Morgan fingerprint density at radius 1 is 1.10 bits per heavy atom. The Morgan fingerprint density at radius 2 is 1.80 bits per heavy atom. The molecule has 160 valence electrons. The zero-order valence-corrected chi connectivity index (χ0v) is 17.5. The summed E-state index contributed by atoms with van der Waals surface area (Å²) >= 11 is 11.7. The summed E-state index contributed by atoms with van der Waals surface area (Å²) in [6.45, 7) is 1.20. The molecule has 0 heterocycles. The van der Waals surface area contributed by atoms with Crippen LogP contribution in [0.25, 0.3) is 0 Å². The zero-order chi connectivity index (χ0) is 22.1. The standard InChI is InChI=1S/C18H19Cl2N5O5/c1-30-18-10-13(2-5-16(18)23(8-6-19)9-7-20)12-21-22-15-4-3-14(24(26)27)11-17(15)25(28)29/h2-5,10-12,22H,6-9H2,1H3/b21-12-. The Labute approximate surface area is 182 Å². The van der Waals surface area contributed by atoms with Gasteiger partial charge in [-0.3, -0.25) is 25.7 Å². The lowest BCUT2D eigenvalue weighted by Crippen LogP contribution is -2.28. The number of hydrogen-bond acceptors (Lipinski definition) is 8. The van der Waals surface area contributed by atoms with E-state index >= 15 is 0 Å². The highest BCUT2D eigenvalue weighted by Gasteiger charge is 2.19. The molecule has 0 saturated heterocycles. The van der Waals surface area contributed by atoms with Gasteiger partial charge in [-0.25, -0.2) is 0 Å². The molecule has 1 N–H and O–H groups in total. The number of ether oxygens (including phenoxy) is 1. The molecule has 10 nitrogen and oxygen atoms in total. The summed E-state index contributed by atoms with van der Waals surface area (Å²) in [5.41, 5.74) is 3.24. The van der Waals surface area contributed by atoms with Crippen molar-refractivity contribution in [2.24, 2.45) is 5.10 Å². The van der Waals surface area contributed by atoms with Crippen LogP contribution < -0.4 is 15.1 Å². The largest absolute Gasteiger partial charge is 0.495 e. The summed E-state index contributed by atoms with van der Waals surface area (Å²) in [7, 11) is 1.54. The second kappa shape index (κ2) is 11.2. The maximum absolute atomic E-state index is 11.2. The average molecular weight is 456 g/mol. The summed E-state index contributed by atoms with van der Waals surface area (Å²) in [6, 6.07) is 8.65. The molecule has 0 saturated carbocycles. The third-order valence-electron chi connectivity index (χ3n) is 4.04. The van der Waals surface area contributed by atoms with Crippen molar-refractivity contribution in [2.45, 2.75) is 0 Å². The molecule has 0 radical (unpaired) electrons. The van der Waals surface area contributed by atoms with Crippen LogP contribution in [0, 0.1) is 20.2 Å². The number of methoxy groups -OCH3 is 1. The van der Waals surface area contributed by atoms with Crippen molar-refractivity contribution in [1.29, 1.82) is 0 Å². The number of halogens is 2. The van der Waals surface area contributed by atoms with Gasteiger partial charge >= 0.3 is 5.69 Å². The first-order chi connectivity index (χ1) is 14.4. The van der Waals surface area contributed by atoms with Gasteiger partial charge in [0.05, 0.1) is 34.9 Å². The Morgan fingerprint density at radius 3 is 2.37 bits per heavy atom. The average Bonchev–Trinajstić information content (AvgIpc) is 2.73. The van der Waals surface area contributed by atoms with Gasteiger partial charge in [0.25, 0.3) is 5.69 Å². The van der Waals surface area contributed by atoms with E-state index in [1.807, 2.05) is 11.0 Å².